The molecule has 2 aromatic rings. The molecule has 0 saturated carbocycles. The van der Waals surface area contributed by atoms with Crippen LogP contribution in [0.2, 0.25) is 0 Å². The van der Waals surface area contributed by atoms with Crippen LogP contribution >= 0.6 is 0 Å². The molecule has 5 nitrogen and oxygen atoms in total. The first-order valence-corrected chi connectivity index (χ1v) is 9.80. The highest BCUT2D eigenvalue weighted by Gasteiger charge is 2.43. The lowest BCUT2D eigenvalue weighted by molar-refractivity contribution is -0.0875. The number of carbonyl (C=O) groups is 1. The number of hydrogen-bond acceptors (Lipinski definition) is 4. The molecule has 5 heteroatoms. The Hall–Kier alpha value is -2.37. The van der Waals surface area contributed by atoms with E-state index in [1.54, 1.807) is 11.0 Å². The van der Waals surface area contributed by atoms with Gasteiger partial charge < -0.3 is 19.8 Å². The predicted octanol–water partition coefficient (Wildman–Crippen LogP) is 3.12. The molecule has 1 aliphatic rings. The number of aliphatic hydroxyl groups is 2. The standard InChI is InChI=1S/C23H29NO4/c1-16(2)28-21-10-9-18(13-17(21)3)22(26)24-12-11-23(27,20(14-24)15-25)19-7-5-4-6-8-19/h4-10,13,16,20,25,27H,11-12,14-15H2,1-3H3. The Morgan fingerprint density at radius 1 is 1.25 bits per heavy atom. The maximum atomic E-state index is 13.0. The zero-order valence-electron chi connectivity index (χ0n) is 16.8. The highest BCUT2D eigenvalue weighted by atomic mass is 16.5. The number of amides is 1. The minimum Gasteiger partial charge on any atom is -0.491 e. The van der Waals surface area contributed by atoms with Crippen LogP contribution in [0.4, 0.5) is 0 Å². The molecular formula is C23H29NO4. The largest absolute Gasteiger partial charge is 0.491 e. The van der Waals surface area contributed by atoms with Crippen LogP contribution in [0.25, 0.3) is 0 Å². The van der Waals surface area contributed by atoms with Crippen molar-refractivity contribution in [3.63, 3.8) is 0 Å². The van der Waals surface area contributed by atoms with E-state index in [1.807, 2.05) is 63.2 Å². The van der Waals surface area contributed by atoms with E-state index in [-0.39, 0.29) is 18.6 Å². The molecule has 0 aliphatic carbocycles. The van der Waals surface area contributed by atoms with Gasteiger partial charge in [-0.05, 0) is 56.5 Å². The summed E-state index contributed by atoms with van der Waals surface area (Å²) in [5, 5.41) is 21.1. The monoisotopic (exact) mass is 383 g/mol. The number of likely N-dealkylation sites (tertiary alicyclic amines) is 1. The van der Waals surface area contributed by atoms with Crippen molar-refractivity contribution in [2.75, 3.05) is 19.7 Å². The van der Waals surface area contributed by atoms with Crippen LogP contribution < -0.4 is 4.74 Å². The van der Waals surface area contributed by atoms with Crippen molar-refractivity contribution in [3.05, 3.63) is 65.2 Å². The number of nitrogens with zero attached hydrogens (tertiary/aromatic N) is 1. The molecule has 2 N–H and O–H groups in total. The Balaban J connectivity index is 1.77. The first-order chi connectivity index (χ1) is 13.3. The second-order valence-corrected chi connectivity index (χ2v) is 7.82. The van der Waals surface area contributed by atoms with Gasteiger partial charge in [-0.1, -0.05) is 30.3 Å². The zero-order chi connectivity index (χ0) is 20.3. The average molecular weight is 383 g/mol. The van der Waals surface area contributed by atoms with Crippen LogP contribution in [0.5, 0.6) is 5.75 Å². The topological polar surface area (TPSA) is 70.0 Å². The zero-order valence-corrected chi connectivity index (χ0v) is 16.8. The third kappa shape index (κ3) is 4.05. The molecule has 0 radical (unpaired) electrons. The van der Waals surface area contributed by atoms with Gasteiger partial charge in [0.15, 0.2) is 0 Å². The summed E-state index contributed by atoms with van der Waals surface area (Å²) in [5.74, 6) is 0.252. The molecule has 1 amide bonds. The molecule has 2 unspecified atom stereocenters. The van der Waals surface area contributed by atoms with Crippen molar-refractivity contribution in [3.8, 4) is 5.75 Å². The van der Waals surface area contributed by atoms with Gasteiger partial charge in [0.25, 0.3) is 5.91 Å². The fourth-order valence-electron chi connectivity index (χ4n) is 3.87. The Kier molecular flexibility index (Phi) is 6.06. The lowest BCUT2D eigenvalue weighted by atomic mass is 9.76. The summed E-state index contributed by atoms with van der Waals surface area (Å²) in [6, 6.07) is 14.8. The van der Waals surface area contributed by atoms with E-state index in [0.717, 1.165) is 16.9 Å². The van der Waals surface area contributed by atoms with Crippen molar-refractivity contribution in [1.29, 1.82) is 0 Å². The molecule has 2 aromatic carbocycles. The number of piperidine rings is 1. The summed E-state index contributed by atoms with van der Waals surface area (Å²) >= 11 is 0. The lowest BCUT2D eigenvalue weighted by Gasteiger charge is -2.44. The predicted molar refractivity (Wildman–Crippen MR) is 108 cm³/mol. The molecule has 0 aromatic heterocycles. The molecular weight excluding hydrogens is 354 g/mol. The molecule has 0 spiro atoms. The Bertz CT molecular complexity index is 821. The van der Waals surface area contributed by atoms with E-state index < -0.39 is 11.5 Å². The van der Waals surface area contributed by atoms with E-state index in [4.69, 9.17) is 4.74 Å². The fraction of sp³-hybridized carbons (Fsp3) is 0.435. The van der Waals surface area contributed by atoms with Gasteiger partial charge in [-0.3, -0.25) is 4.79 Å². The maximum Gasteiger partial charge on any atom is 0.253 e. The van der Waals surface area contributed by atoms with E-state index in [1.165, 1.54) is 0 Å². The highest BCUT2D eigenvalue weighted by Crippen LogP contribution is 2.37. The minimum absolute atomic E-state index is 0.0725. The Morgan fingerprint density at radius 3 is 2.57 bits per heavy atom. The maximum absolute atomic E-state index is 13.0. The van der Waals surface area contributed by atoms with E-state index in [9.17, 15) is 15.0 Å². The molecule has 2 atom stereocenters. The SMILES string of the molecule is Cc1cc(C(=O)N2CCC(O)(c3ccccc3)C(CO)C2)ccc1OC(C)C. The number of hydrogen-bond donors (Lipinski definition) is 2. The Morgan fingerprint density at radius 2 is 1.96 bits per heavy atom. The average Bonchev–Trinajstić information content (AvgIpc) is 2.69. The first kappa shape index (κ1) is 20.4. The van der Waals surface area contributed by atoms with Gasteiger partial charge in [0.2, 0.25) is 0 Å². The third-order valence-electron chi connectivity index (χ3n) is 5.44. The summed E-state index contributed by atoms with van der Waals surface area (Å²) in [6.07, 6.45) is 0.463. The second kappa shape index (κ2) is 8.33. The van der Waals surface area contributed by atoms with Crippen molar-refractivity contribution in [2.24, 2.45) is 5.92 Å². The normalized spacial score (nSPS) is 22.4. The number of benzene rings is 2. The number of carbonyl (C=O) groups excluding carboxylic acids is 1. The molecule has 0 bridgehead atoms. The summed E-state index contributed by atoms with van der Waals surface area (Å²) in [6.45, 7) is 6.42. The summed E-state index contributed by atoms with van der Waals surface area (Å²) in [5.41, 5.74) is 1.16. The van der Waals surface area contributed by atoms with Gasteiger partial charge in [-0.25, -0.2) is 0 Å². The highest BCUT2D eigenvalue weighted by molar-refractivity contribution is 5.94. The van der Waals surface area contributed by atoms with Crippen LogP contribution in [-0.2, 0) is 5.60 Å². The molecule has 28 heavy (non-hydrogen) atoms. The quantitative estimate of drug-likeness (QED) is 0.832. The van der Waals surface area contributed by atoms with Crippen molar-refractivity contribution in [1.82, 2.24) is 4.90 Å². The van der Waals surface area contributed by atoms with Gasteiger partial charge in [0.1, 0.15) is 5.75 Å². The second-order valence-electron chi connectivity index (χ2n) is 7.82. The molecule has 150 valence electrons. The minimum atomic E-state index is -1.13. The number of aliphatic hydroxyl groups excluding tert-OH is 1. The third-order valence-corrected chi connectivity index (χ3v) is 5.44. The van der Waals surface area contributed by atoms with Crippen molar-refractivity contribution in [2.45, 2.75) is 38.9 Å². The molecule has 1 saturated heterocycles. The first-order valence-electron chi connectivity index (χ1n) is 9.80. The molecule has 1 aliphatic heterocycles. The van der Waals surface area contributed by atoms with Gasteiger partial charge in [-0.15, -0.1) is 0 Å². The van der Waals surface area contributed by atoms with E-state index in [0.29, 0.717) is 25.1 Å². The van der Waals surface area contributed by atoms with Gasteiger partial charge >= 0.3 is 0 Å². The van der Waals surface area contributed by atoms with Crippen LogP contribution in [0.15, 0.2) is 48.5 Å². The lowest BCUT2D eigenvalue weighted by Crippen LogP contribution is -2.53. The van der Waals surface area contributed by atoms with Crippen LogP contribution in [-0.4, -0.2) is 46.8 Å². The summed E-state index contributed by atoms with van der Waals surface area (Å²) in [7, 11) is 0. The van der Waals surface area contributed by atoms with Crippen LogP contribution in [0, 0.1) is 12.8 Å². The van der Waals surface area contributed by atoms with Crippen molar-refractivity contribution >= 4 is 5.91 Å². The van der Waals surface area contributed by atoms with E-state index >= 15 is 0 Å². The number of rotatable bonds is 5. The Labute approximate surface area is 166 Å². The molecule has 3 rings (SSSR count). The number of aryl methyl sites for hydroxylation is 1. The summed E-state index contributed by atoms with van der Waals surface area (Å²) < 4.78 is 5.74. The molecule has 1 fully saturated rings. The van der Waals surface area contributed by atoms with Crippen LogP contribution in [0.1, 0.15) is 41.8 Å². The summed E-state index contributed by atoms with van der Waals surface area (Å²) in [4.78, 5) is 14.7. The van der Waals surface area contributed by atoms with Crippen molar-refractivity contribution < 1.29 is 19.7 Å². The molecule has 1 heterocycles. The van der Waals surface area contributed by atoms with E-state index in [2.05, 4.69) is 0 Å². The van der Waals surface area contributed by atoms with Gasteiger partial charge in [0, 0.05) is 24.6 Å². The van der Waals surface area contributed by atoms with Gasteiger partial charge in [-0.2, -0.15) is 0 Å². The number of ether oxygens (including phenoxy) is 1. The smallest absolute Gasteiger partial charge is 0.253 e. The van der Waals surface area contributed by atoms with Crippen LogP contribution in [0.3, 0.4) is 0 Å². The fourth-order valence-corrected chi connectivity index (χ4v) is 3.87. The van der Waals surface area contributed by atoms with Gasteiger partial charge in [0.05, 0.1) is 18.3 Å².